The van der Waals surface area contributed by atoms with Gasteiger partial charge in [0.1, 0.15) is 0 Å². The average Bonchev–Trinajstić information content (AvgIpc) is 2.64. The van der Waals surface area contributed by atoms with Gasteiger partial charge in [-0.1, -0.05) is 24.3 Å². The Labute approximate surface area is 103 Å². The van der Waals surface area contributed by atoms with Gasteiger partial charge in [0.2, 0.25) is 0 Å². The zero-order valence-electron chi connectivity index (χ0n) is 10.2. The van der Waals surface area contributed by atoms with E-state index in [9.17, 15) is 0 Å². The highest BCUT2D eigenvalue weighted by molar-refractivity contribution is 5.32. The van der Waals surface area contributed by atoms with Gasteiger partial charge in [0.15, 0.2) is 0 Å². The van der Waals surface area contributed by atoms with Crippen LogP contribution >= 0.6 is 0 Å². The predicted molar refractivity (Wildman–Crippen MR) is 71.1 cm³/mol. The number of allylic oxidation sites excluding steroid dienone is 7. The third kappa shape index (κ3) is 2.31. The summed E-state index contributed by atoms with van der Waals surface area (Å²) in [6.07, 6.45) is 17.2. The first-order chi connectivity index (χ1) is 8.43. The second kappa shape index (κ2) is 4.82. The van der Waals surface area contributed by atoms with Gasteiger partial charge in [0.25, 0.3) is 0 Å². The number of fused-ring (bicyclic) bond motifs is 1. The van der Waals surface area contributed by atoms with Crippen molar-refractivity contribution in [3.8, 4) is 0 Å². The van der Waals surface area contributed by atoms with Gasteiger partial charge in [-0.3, -0.25) is 0 Å². The fourth-order valence-electron chi connectivity index (χ4n) is 2.81. The molecule has 0 radical (unpaired) electrons. The van der Waals surface area contributed by atoms with Crippen molar-refractivity contribution >= 4 is 0 Å². The normalized spacial score (nSPS) is 32.0. The molecule has 0 bridgehead atoms. The first-order valence-corrected chi connectivity index (χ1v) is 6.71. The van der Waals surface area contributed by atoms with Crippen molar-refractivity contribution in [1.82, 2.24) is 10.6 Å². The Morgan fingerprint density at radius 3 is 2.88 bits per heavy atom. The smallest absolute Gasteiger partial charge is 0.0341 e. The number of hydrogen-bond donors (Lipinski definition) is 2. The molecule has 0 saturated carbocycles. The van der Waals surface area contributed by atoms with E-state index in [-0.39, 0.29) is 0 Å². The Hall–Kier alpha value is -1.44. The van der Waals surface area contributed by atoms with E-state index in [4.69, 9.17) is 0 Å². The van der Waals surface area contributed by atoms with Crippen LogP contribution in [0.1, 0.15) is 32.1 Å². The summed E-state index contributed by atoms with van der Waals surface area (Å²) in [5.74, 6) is 0.581. The van der Waals surface area contributed by atoms with Crippen LogP contribution in [0.15, 0.2) is 47.5 Å². The SMILES string of the molecule is C1=CC=C2NC(=C3CCCCN3)CCC2C=C1. The van der Waals surface area contributed by atoms with Gasteiger partial charge in [0, 0.05) is 29.6 Å². The molecular formula is C15H20N2. The quantitative estimate of drug-likeness (QED) is 0.666. The van der Waals surface area contributed by atoms with Crippen molar-refractivity contribution in [3.05, 3.63) is 47.5 Å². The average molecular weight is 228 g/mol. The maximum absolute atomic E-state index is 3.64. The third-order valence-electron chi connectivity index (χ3n) is 3.80. The molecule has 2 heteroatoms. The minimum absolute atomic E-state index is 0.581. The van der Waals surface area contributed by atoms with Crippen LogP contribution in [0.3, 0.4) is 0 Å². The first-order valence-electron chi connectivity index (χ1n) is 6.71. The van der Waals surface area contributed by atoms with Crippen molar-refractivity contribution in [1.29, 1.82) is 0 Å². The molecule has 90 valence electrons. The van der Waals surface area contributed by atoms with Gasteiger partial charge in [-0.05, 0) is 38.2 Å². The highest BCUT2D eigenvalue weighted by Gasteiger charge is 2.22. The fourth-order valence-corrected chi connectivity index (χ4v) is 2.81. The highest BCUT2D eigenvalue weighted by Crippen LogP contribution is 2.29. The van der Waals surface area contributed by atoms with E-state index in [1.807, 2.05) is 0 Å². The van der Waals surface area contributed by atoms with Crippen LogP contribution in [0.4, 0.5) is 0 Å². The molecular weight excluding hydrogens is 208 g/mol. The van der Waals surface area contributed by atoms with Crippen molar-refractivity contribution in [2.45, 2.75) is 32.1 Å². The molecule has 2 fully saturated rings. The number of nitrogens with one attached hydrogen (secondary N) is 2. The van der Waals surface area contributed by atoms with Crippen molar-refractivity contribution < 1.29 is 0 Å². The molecule has 2 N–H and O–H groups in total. The summed E-state index contributed by atoms with van der Waals surface area (Å²) in [5.41, 5.74) is 4.24. The maximum Gasteiger partial charge on any atom is 0.0341 e. The molecule has 2 nitrogen and oxygen atoms in total. The minimum Gasteiger partial charge on any atom is -0.387 e. The largest absolute Gasteiger partial charge is 0.387 e. The fraction of sp³-hybridized carbons (Fsp3) is 0.467. The molecule has 3 rings (SSSR count). The van der Waals surface area contributed by atoms with Crippen LogP contribution in [0, 0.1) is 5.92 Å². The summed E-state index contributed by atoms with van der Waals surface area (Å²) in [4.78, 5) is 0. The van der Waals surface area contributed by atoms with Crippen LogP contribution in [0.25, 0.3) is 0 Å². The highest BCUT2D eigenvalue weighted by atomic mass is 15.0. The summed E-state index contributed by atoms with van der Waals surface area (Å²) in [6.45, 7) is 1.14. The monoisotopic (exact) mass is 228 g/mol. The molecule has 1 aliphatic carbocycles. The van der Waals surface area contributed by atoms with Gasteiger partial charge < -0.3 is 10.6 Å². The second-order valence-corrected chi connectivity index (χ2v) is 5.00. The lowest BCUT2D eigenvalue weighted by atomic mass is 9.91. The summed E-state index contributed by atoms with van der Waals surface area (Å²) >= 11 is 0. The summed E-state index contributed by atoms with van der Waals surface area (Å²) in [5, 5.41) is 7.19. The molecule has 1 unspecified atom stereocenters. The maximum atomic E-state index is 3.64. The molecule has 2 heterocycles. The van der Waals surface area contributed by atoms with Gasteiger partial charge in [-0.2, -0.15) is 0 Å². The van der Waals surface area contributed by atoms with E-state index in [1.54, 1.807) is 0 Å². The van der Waals surface area contributed by atoms with Gasteiger partial charge in [0.05, 0.1) is 0 Å². The Bertz CT molecular complexity index is 405. The van der Waals surface area contributed by atoms with Crippen LogP contribution in [0.5, 0.6) is 0 Å². The van der Waals surface area contributed by atoms with Gasteiger partial charge >= 0.3 is 0 Å². The third-order valence-corrected chi connectivity index (χ3v) is 3.80. The molecule has 17 heavy (non-hydrogen) atoms. The number of rotatable bonds is 0. The summed E-state index contributed by atoms with van der Waals surface area (Å²) < 4.78 is 0. The minimum atomic E-state index is 0.581. The Kier molecular flexibility index (Phi) is 3.04. The summed E-state index contributed by atoms with van der Waals surface area (Å²) in [6, 6.07) is 0. The lowest BCUT2D eigenvalue weighted by Crippen LogP contribution is -2.31. The predicted octanol–water partition coefficient (Wildman–Crippen LogP) is 2.98. The Balaban J connectivity index is 1.80. The molecule has 1 atom stereocenters. The number of hydrogen-bond acceptors (Lipinski definition) is 2. The van der Waals surface area contributed by atoms with E-state index in [1.165, 1.54) is 49.2 Å². The molecule has 0 aromatic rings. The molecule has 0 spiro atoms. The topological polar surface area (TPSA) is 24.1 Å². The molecule has 0 aromatic heterocycles. The second-order valence-electron chi connectivity index (χ2n) is 5.00. The van der Waals surface area contributed by atoms with Crippen molar-refractivity contribution in [2.24, 2.45) is 5.92 Å². The van der Waals surface area contributed by atoms with E-state index in [2.05, 4.69) is 41.0 Å². The molecule has 2 saturated heterocycles. The Morgan fingerprint density at radius 2 is 2.00 bits per heavy atom. The Morgan fingerprint density at radius 1 is 1.00 bits per heavy atom. The van der Waals surface area contributed by atoms with Crippen LogP contribution < -0.4 is 10.6 Å². The van der Waals surface area contributed by atoms with Gasteiger partial charge in [-0.25, -0.2) is 0 Å². The zero-order chi connectivity index (χ0) is 11.5. The lowest BCUT2D eigenvalue weighted by Gasteiger charge is -2.30. The van der Waals surface area contributed by atoms with E-state index >= 15 is 0 Å². The van der Waals surface area contributed by atoms with Crippen molar-refractivity contribution in [3.63, 3.8) is 0 Å². The molecule has 2 aliphatic heterocycles. The van der Waals surface area contributed by atoms with Crippen LogP contribution in [-0.4, -0.2) is 6.54 Å². The van der Waals surface area contributed by atoms with Crippen LogP contribution in [-0.2, 0) is 0 Å². The van der Waals surface area contributed by atoms with E-state index < -0.39 is 0 Å². The van der Waals surface area contributed by atoms with E-state index in [0.29, 0.717) is 5.92 Å². The molecule has 0 amide bonds. The van der Waals surface area contributed by atoms with Crippen LogP contribution in [0.2, 0.25) is 0 Å². The number of piperidine rings is 2. The first kappa shape index (κ1) is 10.7. The molecule has 3 aliphatic rings. The lowest BCUT2D eigenvalue weighted by molar-refractivity contribution is 0.521. The standard InChI is InChI=1S/C15H20N2/c1-2-6-12-9-10-15(17-13(12)7-3-1)14-8-4-5-11-16-14/h1-3,6-7,12,16-17H,4-5,8-11H2. The van der Waals surface area contributed by atoms with E-state index in [0.717, 1.165) is 6.54 Å². The zero-order valence-corrected chi connectivity index (χ0v) is 10.2. The van der Waals surface area contributed by atoms with Crippen molar-refractivity contribution in [2.75, 3.05) is 6.54 Å². The summed E-state index contributed by atoms with van der Waals surface area (Å²) in [7, 11) is 0. The van der Waals surface area contributed by atoms with Gasteiger partial charge in [-0.15, -0.1) is 0 Å². The molecule has 0 aromatic carbocycles.